The fourth-order valence-electron chi connectivity index (χ4n) is 1.98. The van der Waals surface area contributed by atoms with Gasteiger partial charge >= 0.3 is 5.97 Å². The number of carbonyl (C=O) groups is 1. The predicted octanol–water partition coefficient (Wildman–Crippen LogP) is 1.57. The SMILES string of the molecule is Cc1cccc(CNCCN[C@H](C(=O)O)C(C)(C)C)n1. The highest BCUT2D eigenvalue weighted by molar-refractivity contribution is 5.74. The number of rotatable bonds is 7. The number of nitrogens with one attached hydrogen (secondary N) is 2. The van der Waals surface area contributed by atoms with Crippen molar-refractivity contribution >= 4 is 5.97 Å². The van der Waals surface area contributed by atoms with Crippen LogP contribution in [0.4, 0.5) is 0 Å². The first-order valence-electron chi connectivity index (χ1n) is 6.90. The second kappa shape index (κ2) is 7.36. The van der Waals surface area contributed by atoms with Crippen LogP contribution in [0.15, 0.2) is 18.2 Å². The highest BCUT2D eigenvalue weighted by atomic mass is 16.4. The Morgan fingerprint density at radius 2 is 2.05 bits per heavy atom. The molecule has 0 unspecified atom stereocenters. The van der Waals surface area contributed by atoms with Gasteiger partial charge in [0.15, 0.2) is 0 Å². The molecule has 0 saturated heterocycles. The molecule has 1 rings (SSSR count). The molecule has 5 heteroatoms. The van der Waals surface area contributed by atoms with Crippen LogP contribution in [0.3, 0.4) is 0 Å². The summed E-state index contributed by atoms with van der Waals surface area (Å²) in [6.45, 7) is 9.73. The Morgan fingerprint density at radius 3 is 2.60 bits per heavy atom. The maximum absolute atomic E-state index is 11.2. The van der Waals surface area contributed by atoms with Gasteiger partial charge in [0.25, 0.3) is 0 Å². The standard InChI is InChI=1S/C15H25N3O2/c1-11-6-5-7-12(18-11)10-16-8-9-17-13(14(19)20)15(2,3)4/h5-7,13,16-17H,8-10H2,1-4H3,(H,19,20)/t13-/m1/s1. The third-order valence-corrected chi connectivity index (χ3v) is 3.02. The van der Waals surface area contributed by atoms with Gasteiger partial charge in [0.05, 0.1) is 5.69 Å². The van der Waals surface area contributed by atoms with Crippen molar-refractivity contribution in [1.29, 1.82) is 0 Å². The van der Waals surface area contributed by atoms with Crippen LogP contribution in [0.2, 0.25) is 0 Å². The summed E-state index contributed by atoms with van der Waals surface area (Å²) in [4.78, 5) is 15.6. The molecule has 0 bridgehead atoms. The van der Waals surface area contributed by atoms with E-state index >= 15 is 0 Å². The predicted molar refractivity (Wildman–Crippen MR) is 79.6 cm³/mol. The molecule has 0 amide bonds. The molecule has 0 aromatic carbocycles. The van der Waals surface area contributed by atoms with Crippen LogP contribution in [0.5, 0.6) is 0 Å². The first-order chi connectivity index (χ1) is 9.30. The second-order valence-electron chi connectivity index (χ2n) is 6.04. The van der Waals surface area contributed by atoms with Gasteiger partial charge in [0.1, 0.15) is 6.04 Å². The molecule has 1 aromatic heterocycles. The molecule has 20 heavy (non-hydrogen) atoms. The average Bonchev–Trinajstić information content (AvgIpc) is 2.31. The average molecular weight is 279 g/mol. The number of carboxylic acid groups (broad SMARTS) is 1. The minimum atomic E-state index is -0.808. The topological polar surface area (TPSA) is 74.2 Å². The number of aryl methyl sites for hydroxylation is 1. The van der Waals surface area contributed by atoms with E-state index in [1.807, 2.05) is 45.9 Å². The fourth-order valence-corrected chi connectivity index (χ4v) is 1.98. The molecule has 0 aliphatic carbocycles. The lowest BCUT2D eigenvalue weighted by Crippen LogP contribution is -2.48. The third-order valence-electron chi connectivity index (χ3n) is 3.02. The zero-order valence-corrected chi connectivity index (χ0v) is 12.7. The number of carboxylic acids is 1. The van der Waals surface area contributed by atoms with Crippen molar-refractivity contribution in [2.45, 2.75) is 40.3 Å². The first kappa shape index (κ1) is 16.6. The van der Waals surface area contributed by atoms with Crippen LogP contribution < -0.4 is 10.6 Å². The van der Waals surface area contributed by atoms with Crippen molar-refractivity contribution in [3.05, 3.63) is 29.6 Å². The van der Waals surface area contributed by atoms with Gasteiger partial charge in [-0.3, -0.25) is 9.78 Å². The Morgan fingerprint density at radius 1 is 1.35 bits per heavy atom. The van der Waals surface area contributed by atoms with Gasteiger partial charge < -0.3 is 15.7 Å². The molecule has 1 aromatic rings. The summed E-state index contributed by atoms with van der Waals surface area (Å²) >= 11 is 0. The Labute approximate surface area is 120 Å². The Hall–Kier alpha value is -1.46. The maximum Gasteiger partial charge on any atom is 0.321 e. The lowest BCUT2D eigenvalue weighted by molar-refractivity contribution is -0.142. The van der Waals surface area contributed by atoms with E-state index in [0.29, 0.717) is 19.6 Å². The molecule has 1 atom stereocenters. The van der Waals surface area contributed by atoms with Crippen LogP contribution in [0, 0.1) is 12.3 Å². The third kappa shape index (κ3) is 5.67. The van der Waals surface area contributed by atoms with Gasteiger partial charge in [-0.25, -0.2) is 0 Å². The maximum atomic E-state index is 11.2. The summed E-state index contributed by atoms with van der Waals surface area (Å²) in [5, 5.41) is 15.5. The summed E-state index contributed by atoms with van der Waals surface area (Å²) < 4.78 is 0. The smallest absolute Gasteiger partial charge is 0.321 e. The van der Waals surface area contributed by atoms with Crippen molar-refractivity contribution in [3.8, 4) is 0 Å². The van der Waals surface area contributed by atoms with E-state index < -0.39 is 12.0 Å². The molecule has 5 nitrogen and oxygen atoms in total. The van der Waals surface area contributed by atoms with Crippen LogP contribution >= 0.6 is 0 Å². The minimum Gasteiger partial charge on any atom is -0.480 e. The van der Waals surface area contributed by atoms with Gasteiger partial charge in [-0.2, -0.15) is 0 Å². The van der Waals surface area contributed by atoms with Crippen LogP contribution in [0.25, 0.3) is 0 Å². The molecule has 0 fully saturated rings. The molecule has 1 heterocycles. The number of aromatic nitrogens is 1. The molecule has 0 radical (unpaired) electrons. The zero-order chi connectivity index (χ0) is 15.2. The lowest BCUT2D eigenvalue weighted by atomic mass is 9.87. The quantitative estimate of drug-likeness (QED) is 0.661. The normalized spacial score (nSPS) is 13.2. The molecule has 0 spiro atoms. The number of pyridine rings is 1. The summed E-state index contributed by atoms with van der Waals surface area (Å²) in [5.74, 6) is -0.808. The number of aliphatic carboxylic acids is 1. The van der Waals surface area contributed by atoms with Gasteiger partial charge in [-0.1, -0.05) is 26.8 Å². The Bertz CT molecular complexity index is 441. The molecule has 0 aliphatic heterocycles. The highest BCUT2D eigenvalue weighted by Crippen LogP contribution is 2.18. The van der Waals surface area contributed by atoms with Crippen molar-refractivity contribution in [3.63, 3.8) is 0 Å². The highest BCUT2D eigenvalue weighted by Gasteiger charge is 2.30. The van der Waals surface area contributed by atoms with Gasteiger partial charge in [-0.05, 0) is 24.5 Å². The summed E-state index contributed by atoms with van der Waals surface area (Å²) in [5.41, 5.74) is 1.70. The monoisotopic (exact) mass is 279 g/mol. The first-order valence-corrected chi connectivity index (χ1v) is 6.90. The van der Waals surface area contributed by atoms with Gasteiger partial charge in [0.2, 0.25) is 0 Å². The Kier molecular flexibility index (Phi) is 6.10. The summed E-state index contributed by atoms with van der Waals surface area (Å²) in [6.07, 6.45) is 0. The van der Waals surface area contributed by atoms with Crippen LogP contribution in [0.1, 0.15) is 32.2 Å². The van der Waals surface area contributed by atoms with E-state index in [4.69, 9.17) is 0 Å². The second-order valence-corrected chi connectivity index (χ2v) is 6.04. The van der Waals surface area contributed by atoms with Crippen molar-refractivity contribution in [1.82, 2.24) is 15.6 Å². The summed E-state index contributed by atoms with van der Waals surface area (Å²) in [7, 11) is 0. The van der Waals surface area contributed by atoms with Crippen LogP contribution in [-0.2, 0) is 11.3 Å². The number of nitrogens with zero attached hydrogens (tertiary/aromatic N) is 1. The van der Waals surface area contributed by atoms with Crippen molar-refractivity contribution in [2.24, 2.45) is 5.41 Å². The summed E-state index contributed by atoms with van der Waals surface area (Å²) in [6, 6.07) is 5.38. The Balaban J connectivity index is 2.29. The fraction of sp³-hybridized carbons (Fsp3) is 0.600. The van der Waals surface area contributed by atoms with Crippen molar-refractivity contribution < 1.29 is 9.90 Å². The zero-order valence-electron chi connectivity index (χ0n) is 12.7. The van der Waals surface area contributed by atoms with E-state index in [2.05, 4.69) is 15.6 Å². The van der Waals surface area contributed by atoms with Gasteiger partial charge in [-0.15, -0.1) is 0 Å². The number of hydrogen-bond acceptors (Lipinski definition) is 4. The molecule has 3 N–H and O–H groups in total. The van der Waals surface area contributed by atoms with E-state index in [1.54, 1.807) is 0 Å². The molecular weight excluding hydrogens is 254 g/mol. The lowest BCUT2D eigenvalue weighted by Gasteiger charge is -2.28. The van der Waals surface area contributed by atoms with E-state index in [9.17, 15) is 9.90 Å². The van der Waals surface area contributed by atoms with E-state index in [1.165, 1.54) is 0 Å². The van der Waals surface area contributed by atoms with E-state index in [0.717, 1.165) is 11.4 Å². The molecule has 0 aliphatic rings. The molecule has 112 valence electrons. The molecular formula is C15H25N3O2. The largest absolute Gasteiger partial charge is 0.480 e. The molecule has 0 saturated carbocycles. The van der Waals surface area contributed by atoms with Crippen molar-refractivity contribution in [2.75, 3.05) is 13.1 Å². The van der Waals surface area contributed by atoms with E-state index in [-0.39, 0.29) is 5.41 Å². The number of hydrogen-bond donors (Lipinski definition) is 3. The minimum absolute atomic E-state index is 0.302. The van der Waals surface area contributed by atoms with Crippen LogP contribution in [-0.4, -0.2) is 35.2 Å². The van der Waals surface area contributed by atoms with Gasteiger partial charge in [0, 0.05) is 25.3 Å².